The summed E-state index contributed by atoms with van der Waals surface area (Å²) in [6.07, 6.45) is 0. The third-order valence-corrected chi connectivity index (χ3v) is 6.08. The summed E-state index contributed by atoms with van der Waals surface area (Å²) in [7, 11) is 1.08. The minimum Gasteiger partial charge on any atom is -0.493 e. The molecule has 0 aliphatic carbocycles. The summed E-state index contributed by atoms with van der Waals surface area (Å²) in [6, 6.07) is 18.2. The van der Waals surface area contributed by atoms with Crippen molar-refractivity contribution in [2.24, 2.45) is 0 Å². The van der Waals surface area contributed by atoms with Crippen molar-refractivity contribution >= 4 is 20.8 Å². The maximum absolute atomic E-state index is 12.9. The van der Waals surface area contributed by atoms with Crippen molar-refractivity contribution in [1.82, 2.24) is 4.31 Å². The van der Waals surface area contributed by atoms with Crippen LogP contribution in [0.15, 0.2) is 65.6 Å². The highest BCUT2D eigenvalue weighted by Crippen LogP contribution is 2.29. The smallest absolute Gasteiger partial charge is 0.243 e. The Balaban J connectivity index is 1.88. The lowest BCUT2D eigenvalue weighted by Crippen LogP contribution is -2.26. The predicted octanol–water partition coefficient (Wildman–Crippen LogP) is 3.68. The van der Waals surface area contributed by atoms with Crippen LogP contribution in [0.4, 0.5) is 0 Å². The van der Waals surface area contributed by atoms with Crippen LogP contribution in [0.5, 0.6) is 11.5 Å². The summed E-state index contributed by atoms with van der Waals surface area (Å²) >= 11 is 0. The minimum atomic E-state index is -3.60. The summed E-state index contributed by atoms with van der Waals surface area (Å²) < 4.78 is 37.7. The first-order valence-corrected chi connectivity index (χ1v) is 9.56. The first-order valence-electron chi connectivity index (χ1n) is 8.12. The molecule has 3 rings (SSSR count). The Kier molecular flexibility index (Phi) is 5.15. The summed E-state index contributed by atoms with van der Waals surface area (Å²) in [5.41, 5.74) is 0.814. The third-order valence-electron chi connectivity index (χ3n) is 4.28. The molecule has 0 saturated heterocycles. The molecule has 0 heterocycles. The van der Waals surface area contributed by atoms with Crippen LogP contribution in [0.1, 0.15) is 5.56 Å². The van der Waals surface area contributed by atoms with E-state index in [2.05, 4.69) is 0 Å². The van der Waals surface area contributed by atoms with Crippen LogP contribution in [0.2, 0.25) is 0 Å². The van der Waals surface area contributed by atoms with E-state index in [1.807, 2.05) is 36.4 Å². The van der Waals surface area contributed by atoms with E-state index in [-0.39, 0.29) is 11.4 Å². The number of methoxy groups -OCH3 is 2. The quantitative estimate of drug-likeness (QED) is 0.663. The first kappa shape index (κ1) is 18.2. The number of fused-ring (bicyclic) bond motifs is 1. The molecular weight excluding hydrogens is 350 g/mol. The Morgan fingerprint density at radius 3 is 2.23 bits per heavy atom. The fourth-order valence-electron chi connectivity index (χ4n) is 2.83. The number of nitrogens with zero attached hydrogens (tertiary/aromatic N) is 1. The Bertz CT molecular complexity index is 1030. The second-order valence-corrected chi connectivity index (χ2v) is 8.00. The maximum atomic E-state index is 12.9. The number of hydrogen-bond donors (Lipinski definition) is 0. The molecule has 0 bridgehead atoms. The molecular formula is C20H21NO4S. The van der Waals surface area contributed by atoms with E-state index in [0.717, 1.165) is 16.3 Å². The molecule has 0 radical (unpaired) electrons. The van der Waals surface area contributed by atoms with Crippen LogP contribution in [0.3, 0.4) is 0 Å². The van der Waals surface area contributed by atoms with Crippen molar-refractivity contribution in [3.05, 3.63) is 66.2 Å². The second-order valence-electron chi connectivity index (χ2n) is 5.96. The Morgan fingerprint density at radius 1 is 0.846 bits per heavy atom. The molecule has 3 aromatic carbocycles. The molecule has 26 heavy (non-hydrogen) atoms. The second kappa shape index (κ2) is 7.35. The molecule has 0 atom stereocenters. The predicted molar refractivity (Wildman–Crippen MR) is 102 cm³/mol. The van der Waals surface area contributed by atoms with Crippen molar-refractivity contribution < 1.29 is 17.9 Å². The van der Waals surface area contributed by atoms with Crippen molar-refractivity contribution in [2.75, 3.05) is 21.3 Å². The van der Waals surface area contributed by atoms with Gasteiger partial charge in [0.15, 0.2) is 11.5 Å². The van der Waals surface area contributed by atoms with Crippen LogP contribution < -0.4 is 9.47 Å². The van der Waals surface area contributed by atoms with E-state index in [1.54, 1.807) is 45.5 Å². The van der Waals surface area contributed by atoms with Gasteiger partial charge in [-0.3, -0.25) is 0 Å². The topological polar surface area (TPSA) is 55.8 Å². The summed E-state index contributed by atoms with van der Waals surface area (Å²) in [4.78, 5) is 0.277. The maximum Gasteiger partial charge on any atom is 0.243 e. The number of hydrogen-bond acceptors (Lipinski definition) is 4. The average molecular weight is 371 g/mol. The van der Waals surface area contributed by atoms with Gasteiger partial charge in [-0.1, -0.05) is 36.4 Å². The van der Waals surface area contributed by atoms with E-state index in [1.165, 1.54) is 4.31 Å². The van der Waals surface area contributed by atoms with Crippen LogP contribution in [-0.4, -0.2) is 34.0 Å². The van der Waals surface area contributed by atoms with Crippen LogP contribution in [0, 0.1) is 0 Å². The molecule has 0 spiro atoms. The first-order chi connectivity index (χ1) is 12.5. The van der Waals surface area contributed by atoms with E-state index in [0.29, 0.717) is 11.5 Å². The van der Waals surface area contributed by atoms with Crippen LogP contribution in [0.25, 0.3) is 10.8 Å². The molecule has 0 saturated carbocycles. The van der Waals surface area contributed by atoms with Gasteiger partial charge in [-0.25, -0.2) is 8.42 Å². The normalized spacial score (nSPS) is 11.7. The number of benzene rings is 3. The molecule has 0 N–H and O–H groups in total. The van der Waals surface area contributed by atoms with Gasteiger partial charge in [0.05, 0.1) is 19.1 Å². The SMILES string of the molecule is COc1ccc(CN(C)S(=O)(=O)c2ccc3ccccc3c2)cc1OC. The van der Waals surface area contributed by atoms with Gasteiger partial charge in [0, 0.05) is 13.6 Å². The molecule has 3 aromatic rings. The molecule has 0 aliphatic heterocycles. The van der Waals surface area contributed by atoms with Gasteiger partial charge < -0.3 is 9.47 Å². The lowest BCUT2D eigenvalue weighted by Gasteiger charge is -2.18. The van der Waals surface area contributed by atoms with Gasteiger partial charge >= 0.3 is 0 Å². The molecule has 0 aliphatic rings. The molecule has 0 fully saturated rings. The largest absolute Gasteiger partial charge is 0.493 e. The zero-order chi connectivity index (χ0) is 18.7. The molecule has 136 valence electrons. The molecule has 6 heteroatoms. The average Bonchev–Trinajstić information content (AvgIpc) is 2.67. The summed E-state index contributed by atoms with van der Waals surface area (Å²) in [6.45, 7) is 0.232. The van der Waals surface area contributed by atoms with E-state index >= 15 is 0 Å². The van der Waals surface area contributed by atoms with Crippen molar-refractivity contribution in [2.45, 2.75) is 11.4 Å². The lowest BCUT2D eigenvalue weighted by molar-refractivity contribution is 0.354. The standard InChI is InChI=1S/C20H21NO4S/c1-21(14-15-8-11-19(24-2)20(12-15)25-3)26(22,23)18-10-9-16-6-4-5-7-17(16)13-18/h4-13H,14H2,1-3H3. The molecule has 0 unspecified atom stereocenters. The highest BCUT2D eigenvalue weighted by atomic mass is 32.2. The third kappa shape index (κ3) is 3.52. The van der Waals surface area contributed by atoms with Crippen molar-refractivity contribution in [1.29, 1.82) is 0 Å². The highest BCUT2D eigenvalue weighted by molar-refractivity contribution is 7.89. The van der Waals surface area contributed by atoms with Gasteiger partial charge in [-0.05, 0) is 40.6 Å². The summed E-state index contributed by atoms with van der Waals surface area (Å²) in [5.74, 6) is 1.18. The number of ether oxygens (including phenoxy) is 2. The summed E-state index contributed by atoms with van der Waals surface area (Å²) in [5, 5.41) is 1.90. The number of sulfonamides is 1. The van der Waals surface area contributed by atoms with Crippen molar-refractivity contribution in [3.8, 4) is 11.5 Å². The van der Waals surface area contributed by atoms with Crippen LogP contribution in [-0.2, 0) is 16.6 Å². The van der Waals surface area contributed by atoms with Gasteiger partial charge in [0.25, 0.3) is 0 Å². The zero-order valence-electron chi connectivity index (χ0n) is 15.0. The highest BCUT2D eigenvalue weighted by Gasteiger charge is 2.21. The van der Waals surface area contributed by atoms with E-state index < -0.39 is 10.0 Å². The Hall–Kier alpha value is -2.57. The van der Waals surface area contributed by atoms with Gasteiger partial charge in [-0.2, -0.15) is 4.31 Å². The molecule has 0 amide bonds. The fourth-order valence-corrected chi connectivity index (χ4v) is 4.02. The Labute approximate surface area is 153 Å². The molecule has 0 aromatic heterocycles. The zero-order valence-corrected chi connectivity index (χ0v) is 15.8. The number of rotatable bonds is 6. The van der Waals surface area contributed by atoms with E-state index in [9.17, 15) is 8.42 Å². The van der Waals surface area contributed by atoms with Crippen molar-refractivity contribution in [3.63, 3.8) is 0 Å². The van der Waals surface area contributed by atoms with E-state index in [4.69, 9.17) is 9.47 Å². The van der Waals surface area contributed by atoms with Gasteiger partial charge in [0.2, 0.25) is 10.0 Å². The van der Waals surface area contributed by atoms with Gasteiger partial charge in [0.1, 0.15) is 0 Å². The monoisotopic (exact) mass is 371 g/mol. The lowest BCUT2D eigenvalue weighted by atomic mass is 10.1. The Morgan fingerprint density at radius 2 is 1.54 bits per heavy atom. The van der Waals surface area contributed by atoms with Crippen LogP contribution >= 0.6 is 0 Å². The van der Waals surface area contributed by atoms with Gasteiger partial charge in [-0.15, -0.1) is 0 Å². The minimum absolute atomic E-state index is 0.232. The fraction of sp³-hybridized carbons (Fsp3) is 0.200. The molecule has 5 nitrogen and oxygen atoms in total.